The summed E-state index contributed by atoms with van der Waals surface area (Å²) in [5.41, 5.74) is 5.48. The number of hydrogen-bond acceptors (Lipinski definition) is 4. The molecule has 160 valence electrons. The predicted molar refractivity (Wildman–Crippen MR) is 123 cm³/mol. The van der Waals surface area contributed by atoms with Gasteiger partial charge in [-0.1, -0.05) is 12.1 Å². The molecule has 4 amide bonds. The number of hydrogen-bond donors (Lipinski definition) is 1. The van der Waals surface area contributed by atoms with E-state index in [2.05, 4.69) is 10.2 Å². The van der Waals surface area contributed by atoms with Crippen molar-refractivity contribution < 1.29 is 14.4 Å². The molecule has 2 aromatic carbocycles. The van der Waals surface area contributed by atoms with Gasteiger partial charge in [-0.3, -0.25) is 14.9 Å². The molecule has 2 aliphatic heterocycles. The number of alkyl halides is 1. The Balaban J connectivity index is 1.64. The topological polar surface area (TPSA) is 69.7 Å². The summed E-state index contributed by atoms with van der Waals surface area (Å²) in [4.78, 5) is 41.3. The smallest absolute Gasteiger partial charge is 0.335 e. The molecule has 0 bridgehead atoms. The van der Waals surface area contributed by atoms with Gasteiger partial charge in [-0.15, -0.1) is 11.6 Å². The van der Waals surface area contributed by atoms with E-state index in [0.29, 0.717) is 11.6 Å². The zero-order valence-corrected chi connectivity index (χ0v) is 18.3. The average molecular weight is 438 g/mol. The second kappa shape index (κ2) is 8.55. The third-order valence-electron chi connectivity index (χ3n) is 5.82. The molecule has 0 saturated carbocycles. The maximum Gasteiger partial charge on any atom is 0.335 e. The Morgan fingerprint density at radius 2 is 1.87 bits per heavy atom. The van der Waals surface area contributed by atoms with Crippen molar-refractivity contribution in [1.29, 1.82) is 0 Å². The summed E-state index contributed by atoms with van der Waals surface area (Å²) in [6.07, 6.45) is 3.38. The van der Waals surface area contributed by atoms with E-state index in [1.165, 1.54) is 11.3 Å². The third kappa shape index (κ3) is 4.08. The van der Waals surface area contributed by atoms with Gasteiger partial charge in [-0.05, 0) is 79.3 Å². The number of fused-ring (bicyclic) bond motifs is 1. The highest BCUT2D eigenvalue weighted by Gasteiger charge is 2.37. The molecule has 1 saturated heterocycles. The van der Waals surface area contributed by atoms with Crippen molar-refractivity contribution in [3.05, 3.63) is 64.2 Å². The summed E-state index contributed by atoms with van der Waals surface area (Å²) in [7, 11) is 0. The number of carbonyl (C=O) groups is 3. The lowest BCUT2D eigenvalue weighted by molar-refractivity contribution is -0.122. The van der Waals surface area contributed by atoms with Gasteiger partial charge in [0.25, 0.3) is 11.8 Å². The molecule has 4 rings (SSSR count). The van der Waals surface area contributed by atoms with Gasteiger partial charge in [0.2, 0.25) is 0 Å². The van der Waals surface area contributed by atoms with E-state index in [1.54, 1.807) is 18.2 Å². The first-order valence-corrected chi connectivity index (χ1v) is 10.8. The molecule has 0 aliphatic carbocycles. The standard InChI is InChI=1S/C24H24ClN3O3/c1-15-4-6-19(12-16(15)2)28-23(30)20(22(29)26-24(28)31)14-17-5-7-21-18(13-17)8-11-27(21)10-3-9-25/h4-7,12-14H,3,8-11H2,1-2H3,(H,26,29,31). The van der Waals surface area contributed by atoms with E-state index >= 15 is 0 Å². The lowest BCUT2D eigenvalue weighted by atomic mass is 10.0. The molecule has 2 aliphatic rings. The molecule has 1 N–H and O–H groups in total. The minimum atomic E-state index is -0.737. The van der Waals surface area contributed by atoms with Crippen LogP contribution in [0.25, 0.3) is 6.08 Å². The van der Waals surface area contributed by atoms with Crippen molar-refractivity contribution in [3.63, 3.8) is 0 Å². The van der Waals surface area contributed by atoms with Gasteiger partial charge in [-0.2, -0.15) is 0 Å². The summed E-state index contributed by atoms with van der Waals surface area (Å²) in [6.45, 7) is 5.70. The zero-order valence-electron chi connectivity index (χ0n) is 17.6. The van der Waals surface area contributed by atoms with E-state index < -0.39 is 17.8 Å². The molecule has 1 fully saturated rings. The number of halogens is 1. The fourth-order valence-electron chi connectivity index (χ4n) is 3.99. The molecule has 0 atom stereocenters. The summed E-state index contributed by atoms with van der Waals surface area (Å²) >= 11 is 5.82. The maximum absolute atomic E-state index is 13.1. The molecule has 2 heterocycles. The number of anilines is 2. The van der Waals surface area contributed by atoms with Crippen LogP contribution in [0.5, 0.6) is 0 Å². The van der Waals surface area contributed by atoms with Crippen LogP contribution in [0.4, 0.5) is 16.2 Å². The van der Waals surface area contributed by atoms with Gasteiger partial charge in [-0.25, -0.2) is 9.69 Å². The average Bonchev–Trinajstić information content (AvgIpc) is 3.14. The van der Waals surface area contributed by atoms with Crippen molar-refractivity contribution in [2.75, 3.05) is 28.8 Å². The van der Waals surface area contributed by atoms with E-state index in [0.717, 1.165) is 47.5 Å². The van der Waals surface area contributed by atoms with Crippen molar-refractivity contribution in [1.82, 2.24) is 5.32 Å². The molecular formula is C24H24ClN3O3. The Labute approximate surface area is 186 Å². The third-order valence-corrected chi connectivity index (χ3v) is 6.09. The van der Waals surface area contributed by atoms with Crippen LogP contribution in [0.2, 0.25) is 0 Å². The second-order valence-corrected chi connectivity index (χ2v) is 8.27. The van der Waals surface area contributed by atoms with Crippen LogP contribution in [-0.4, -0.2) is 36.8 Å². The summed E-state index contributed by atoms with van der Waals surface area (Å²) in [5, 5.41) is 2.28. The number of nitrogens with one attached hydrogen (secondary N) is 1. The Morgan fingerprint density at radius 3 is 2.61 bits per heavy atom. The van der Waals surface area contributed by atoms with Crippen molar-refractivity contribution in [2.45, 2.75) is 26.7 Å². The van der Waals surface area contributed by atoms with Gasteiger partial charge in [0.15, 0.2) is 0 Å². The first kappa shape index (κ1) is 21.1. The normalized spacial score (nSPS) is 17.4. The van der Waals surface area contributed by atoms with E-state index in [1.807, 2.05) is 38.1 Å². The number of imide groups is 2. The van der Waals surface area contributed by atoms with Gasteiger partial charge in [0.05, 0.1) is 5.69 Å². The molecule has 0 spiro atoms. The summed E-state index contributed by atoms with van der Waals surface area (Å²) < 4.78 is 0. The number of amides is 4. The fraction of sp³-hybridized carbons (Fsp3) is 0.292. The molecule has 2 aromatic rings. The minimum absolute atomic E-state index is 0.0604. The minimum Gasteiger partial charge on any atom is -0.371 e. The number of nitrogens with zero attached hydrogens (tertiary/aromatic N) is 2. The zero-order chi connectivity index (χ0) is 22.1. The molecular weight excluding hydrogens is 414 g/mol. The number of barbiturate groups is 1. The van der Waals surface area contributed by atoms with Gasteiger partial charge >= 0.3 is 6.03 Å². The molecule has 6 nitrogen and oxygen atoms in total. The largest absolute Gasteiger partial charge is 0.371 e. The summed E-state index contributed by atoms with van der Waals surface area (Å²) in [6, 6.07) is 10.5. The van der Waals surface area contributed by atoms with Crippen molar-refractivity contribution in [3.8, 4) is 0 Å². The molecule has 31 heavy (non-hydrogen) atoms. The Bertz CT molecular complexity index is 1110. The molecule has 7 heteroatoms. The van der Waals surface area contributed by atoms with Crippen molar-refractivity contribution in [2.24, 2.45) is 0 Å². The summed E-state index contributed by atoms with van der Waals surface area (Å²) in [5.74, 6) is -0.677. The highest BCUT2D eigenvalue weighted by atomic mass is 35.5. The van der Waals surface area contributed by atoms with E-state index in [-0.39, 0.29) is 5.57 Å². The monoisotopic (exact) mass is 437 g/mol. The lowest BCUT2D eigenvalue weighted by Gasteiger charge is -2.27. The first-order chi connectivity index (χ1) is 14.9. The number of rotatable bonds is 5. The lowest BCUT2D eigenvalue weighted by Crippen LogP contribution is -2.54. The van der Waals surface area contributed by atoms with Gasteiger partial charge in [0.1, 0.15) is 5.57 Å². The van der Waals surface area contributed by atoms with Crippen LogP contribution >= 0.6 is 11.6 Å². The molecule has 0 radical (unpaired) electrons. The fourth-order valence-corrected chi connectivity index (χ4v) is 4.11. The van der Waals surface area contributed by atoms with Crippen molar-refractivity contribution >= 4 is 46.9 Å². The van der Waals surface area contributed by atoms with Crippen LogP contribution in [0.3, 0.4) is 0 Å². The predicted octanol–water partition coefficient (Wildman–Crippen LogP) is 3.96. The van der Waals surface area contributed by atoms with Crippen LogP contribution in [0.15, 0.2) is 42.0 Å². The molecule has 0 aromatic heterocycles. The quantitative estimate of drug-likeness (QED) is 0.436. The Morgan fingerprint density at radius 1 is 1.06 bits per heavy atom. The Kier molecular flexibility index (Phi) is 5.83. The highest BCUT2D eigenvalue weighted by molar-refractivity contribution is 6.39. The maximum atomic E-state index is 13.1. The second-order valence-electron chi connectivity index (χ2n) is 7.89. The van der Waals surface area contributed by atoms with Crippen LogP contribution in [0.1, 0.15) is 28.7 Å². The van der Waals surface area contributed by atoms with Gasteiger partial charge < -0.3 is 4.90 Å². The number of benzene rings is 2. The Hall–Kier alpha value is -3.12. The van der Waals surface area contributed by atoms with Gasteiger partial charge in [0, 0.05) is 24.7 Å². The van der Waals surface area contributed by atoms with E-state index in [9.17, 15) is 14.4 Å². The van der Waals surface area contributed by atoms with E-state index in [4.69, 9.17) is 11.6 Å². The first-order valence-electron chi connectivity index (χ1n) is 10.3. The SMILES string of the molecule is Cc1ccc(N2C(=O)NC(=O)C(=Cc3ccc4c(c3)CCN4CCCCl)C2=O)cc1C. The number of urea groups is 1. The number of carbonyl (C=O) groups excluding carboxylic acids is 3. The number of aryl methyl sites for hydroxylation is 2. The van der Waals surface area contributed by atoms with Crippen LogP contribution in [0, 0.1) is 13.8 Å². The molecule has 0 unspecified atom stereocenters. The van der Waals surface area contributed by atoms with Crippen LogP contribution < -0.4 is 15.1 Å². The van der Waals surface area contributed by atoms with Crippen LogP contribution in [-0.2, 0) is 16.0 Å². The highest BCUT2D eigenvalue weighted by Crippen LogP contribution is 2.30.